The summed E-state index contributed by atoms with van der Waals surface area (Å²) in [5.74, 6) is 0.836. The smallest absolute Gasteiger partial charge is 0.266 e. The number of carbonyl (C=O) groups is 2. The maximum atomic E-state index is 13.4. The number of fused-ring (bicyclic) bond motifs is 1. The third-order valence-electron chi connectivity index (χ3n) is 5.93. The van der Waals surface area contributed by atoms with Crippen LogP contribution in [0, 0.1) is 6.92 Å². The van der Waals surface area contributed by atoms with E-state index in [9.17, 15) is 9.59 Å². The quantitative estimate of drug-likeness (QED) is 0.376. The molecule has 4 aromatic heterocycles. The number of nitrogens with two attached hydrogens (primary N) is 1. The van der Waals surface area contributed by atoms with Crippen molar-refractivity contribution in [3.05, 3.63) is 46.2 Å². The zero-order valence-corrected chi connectivity index (χ0v) is 19.0. The molecular formula is C21H23N9O2S. The van der Waals surface area contributed by atoms with Gasteiger partial charge < -0.3 is 16.0 Å². The van der Waals surface area contributed by atoms with Crippen LogP contribution < -0.4 is 16.0 Å². The van der Waals surface area contributed by atoms with Gasteiger partial charge in [-0.2, -0.15) is 10.1 Å². The zero-order chi connectivity index (χ0) is 23.2. The van der Waals surface area contributed by atoms with Gasteiger partial charge in [0, 0.05) is 29.9 Å². The number of aromatic nitrogens is 6. The molecule has 170 valence electrons. The summed E-state index contributed by atoms with van der Waals surface area (Å²) in [5, 5.41) is 15.3. The van der Waals surface area contributed by atoms with E-state index in [4.69, 9.17) is 10.7 Å². The van der Waals surface area contributed by atoms with Crippen LogP contribution in [-0.4, -0.2) is 53.6 Å². The van der Waals surface area contributed by atoms with Crippen molar-refractivity contribution in [3.63, 3.8) is 0 Å². The fourth-order valence-corrected chi connectivity index (χ4v) is 4.93. The number of amides is 1. The van der Waals surface area contributed by atoms with Gasteiger partial charge in [0.05, 0.1) is 12.0 Å². The SMILES string of the molecule is Cc1cnc(CC(=O)[C@]2(C)CCCN2c2nc(Nc3cc(C(N)=O)[nH]n3)c3cccn3n2)s1. The van der Waals surface area contributed by atoms with Crippen LogP contribution in [0.1, 0.15) is 40.1 Å². The number of hydrogen-bond acceptors (Lipinski definition) is 9. The fourth-order valence-electron chi connectivity index (χ4n) is 4.15. The van der Waals surface area contributed by atoms with Crippen LogP contribution >= 0.6 is 11.3 Å². The minimum absolute atomic E-state index is 0.0958. The number of Topliss-reactive ketones (excluding diaryl/α,β-unsaturated/α-hetero) is 1. The fraction of sp³-hybridized carbons (Fsp3) is 0.333. The van der Waals surface area contributed by atoms with E-state index in [1.54, 1.807) is 22.0 Å². The van der Waals surface area contributed by atoms with Crippen molar-refractivity contribution in [1.82, 2.24) is 29.8 Å². The van der Waals surface area contributed by atoms with Gasteiger partial charge in [-0.15, -0.1) is 16.4 Å². The van der Waals surface area contributed by atoms with E-state index < -0.39 is 11.4 Å². The average Bonchev–Trinajstić information content (AvgIpc) is 3.55. The molecule has 12 heteroatoms. The largest absolute Gasteiger partial charge is 0.364 e. The molecule has 0 aromatic carbocycles. The lowest BCUT2D eigenvalue weighted by atomic mass is 9.91. The molecule has 5 heterocycles. The van der Waals surface area contributed by atoms with Crippen molar-refractivity contribution in [2.75, 3.05) is 16.8 Å². The lowest BCUT2D eigenvalue weighted by molar-refractivity contribution is -0.122. The third-order valence-corrected chi connectivity index (χ3v) is 6.85. The molecule has 4 aromatic rings. The van der Waals surface area contributed by atoms with Gasteiger partial charge in [-0.1, -0.05) is 0 Å². The predicted molar refractivity (Wildman–Crippen MR) is 124 cm³/mol. The Morgan fingerprint density at radius 2 is 2.24 bits per heavy atom. The highest BCUT2D eigenvalue weighted by molar-refractivity contribution is 7.11. The number of aryl methyl sites for hydroxylation is 1. The summed E-state index contributed by atoms with van der Waals surface area (Å²) in [7, 11) is 0. The van der Waals surface area contributed by atoms with E-state index in [1.807, 2.05) is 37.1 Å². The summed E-state index contributed by atoms with van der Waals surface area (Å²) in [4.78, 5) is 36.9. The van der Waals surface area contributed by atoms with Crippen molar-refractivity contribution in [1.29, 1.82) is 0 Å². The number of H-pyrrole nitrogens is 1. The van der Waals surface area contributed by atoms with Crippen LogP contribution in [0.4, 0.5) is 17.6 Å². The molecule has 1 amide bonds. The normalized spacial score (nSPS) is 18.2. The molecule has 0 unspecified atom stereocenters. The maximum absolute atomic E-state index is 13.4. The van der Waals surface area contributed by atoms with Crippen LogP contribution in [0.3, 0.4) is 0 Å². The summed E-state index contributed by atoms with van der Waals surface area (Å²) in [6, 6.07) is 5.24. The van der Waals surface area contributed by atoms with Gasteiger partial charge in [-0.25, -0.2) is 9.50 Å². The number of hydrogen-bond donors (Lipinski definition) is 3. The van der Waals surface area contributed by atoms with E-state index in [0.29, 0.717) is 30.5 Å². The van der Waals surface area contributed by atoms with Gasteiger partial charge in [0.25, 0.3) is 5.91 Å². The summed E-state index contributed by atoms with van der Waals surface area (Å²) in [6.45, 7) is 4.60. The van der Waals surface area contributed by atoms with Gasteiger partial charge in [-0.05, 0) is 38.8 Å². The highest BCUT2D eigenvalue weighted by Crippen LogP contribution is 2.35. The first kappa shape index (κ1) is 21.1. The molecule has 33 heavy (non-hydrogen) atoms. The molecule has 1 fully saturated rings. The summed E-state index contributed by atoms with van der Waals surface area (Å²) < 4.78 is 1.71. The third kappa shape index (κ3) is 3.82. The van der Waals surface area contributed by atoms with Crippen molar-refractivity contribution in [3.8, 4) is 0 Å². The number of carbonyl (C=O) groups excluding carboxylic acids is 2. The monoisotopic (exact) mass is 465 g/mol. The number of rotatable bonds is 7. The van der Waals surface area contributed by atoms with E-state index in [0.717, 1.165) is 21.8 Å². The number of nitrogens with one attached hydrogen (secondary N) is 2. The molecule has 11 nitrogen and oxygen atoms in total. The molecule has 1 aliphatic heterocycles. The second-order valence-electron chi connectivity index (χ2n) is 8.25. The Hall–Kier alpha value is -3.80. The molecule has 1 saturated heterocycles. The first-order chi connectivity index (χ1) is 15.8. The van der Waals surface area contributed by atoms with Crippen LogP contribution in [0.15, 0.2) is 30.6 Å². The predicted octanol–water partition coefficient (Wildman–Crippen LogP) is 2.23. The maximum Gasteiger partial charge on any atom is 0.266 e. The first-order valence-corrected chi connectivity index (χ1v) is 11.3. The Bertz CT molecular complexity index is 1360. The highest BCUT2D eigenvalue weighted by Gasteiger charge is 2.44. The zero-order valence-electron chi connectivity index (χ0n) is 18.2. The number of thiazole rings is 1. The molecule has 1 aliphatic rings. The van der Waals surface area contributed by atoms with Crippen LogP contribution in [0.5, 0.6) is 0 Å². The van der Waals surface area contributed by atoms with Crippen molar-refractivity contribution in [2.24, 2.45) is 5.73 Å². The molecule has 0 spiro atoms. The van der Waals surface area contributed by atoms with Crippen molar-refractivity contribution >= 4 is 46.1 Å². The van der Waals surface area contributed by atoms with E-state index in [-0.39, 0.29) is 17.9 Å². The van der Waals surface area contributed by atoms with Crippen LogP contribution in [0.2, 0.25) is 0 Å². The summed E-state index contributed by atoms with van der Waals surface area (Å²) in [5.41, 5.74) is 5.49. The van der Waals surface area contributed by atoms with Crippen molar-refractivity contribution in [2.45, 2.75) is 38.6 Å². The second-order valence-corrected chi connectivity index (χ2v) is 9.57. The van der Waals surface area contributed by atoms with E-state index in [2.05, 4.69) is 25.6 Å². The molecular weight excluding hydrogens is 442 g/mol. The van der Waals surface area contributed by atoms with Crippen LogP contribution in [-0.2, 0) is 11.2 Å². The molecule has 0 saturated carbocycles. The van der Waals surface area contributed by atoms with E-state index >= 15 is 0 Å². The molecule has 4 N–H and O–H groups in total. The Morgan fingerprint density at radius 1 is 1.39 bits per heavy atom. The first-order valence-electron chi connectivity index (χ1n) is 10.5. The Morgan fingerprint density at radius 3 is 2.97 bits per heavy atom. The van der Waals surface area contributed by atoms with Crippen molar-refractivity contribution < 1.29 is 9.59 Å². The second kappa shape index (κ2) is 7.96. The number of aromatic amines is 1. The minimum atomic E-state index is -0.733. The molecule has 1 atom stereocenters. The van der Waals surface area contributed by atoms with E-state index in [1.165, 1.54) is 6.07 Å². The average molecular weight is 466 g/mol. The lowest BCUT2D eigenvalue weighted by Gasteiger charge is -2.33. The number of anilines is 3. The van der Waals surface area contributed by atoms with Gasteiger partial charge in [0.2, 0.25) is 5.95 Å². The molecule has 5 rings (SSSR count). The Kier molecular flexibility index (Phi) is 5.08. The Balaban J connectivity index is 1.48. The van der Waals surface area contributed by atoms with Crippen LogP contribution in [0.25, 0.3) is 5.52 Å². The molecule has 0 aliphatic carbocycles. The number of primary amides is 1. The van der Waals surface area contributed by atoms with Gasteiger partial charge in [0.15, 0.2) is 17.4 Å². The molecule has 0 bridgehead atoms. The Labute approximate surface area is 193 Å². The molecule has 0 radical (unpaired) electrons. The standard InChI is InChI=1S/C21H23N9O2S/c1-12-11-23-17(33-12)10-15(31)21(2)6-4-7-29(21)20-25-19(14-5-3-8-30(14)28-20)24-16-9-13(18(22)32)26-27-16/h3,5,8-9,11H,4,6-7,10H2,1-2H3,(H2,22,32)(H2,24,25,26,27,28)/t21-/m0/s1. The minimum Gasteiger partial charge on any atom is -0.364 e. The highest BCUT2D eigenvalue weighted by atomic mass is 32.1. The lowest BCUT2D eigenvalue weighted by Crippen LogP contribution is -2.49. The summed E-state index contributed by atoms with van der Waals surface area (Å²) >= 11 is 1.54. The van der Waals surface area contributed by atoms with Gasteiger partial charge >= 0.3 is 0 Å². The summed E-state index contributed by atoms with van der Waals surface area (Å²) in [6.07, 6.45) is 5.47. The topological polar surface area (TPSA) is 147 Å². The van der Waals surface area contributed by atoms with Gasteiger partial charge in [0.1, 0.15) is 16.2 Å². The number of nitrogens with zero attached hydrogens (tertiary/aromatic N) is 6. The number of ketones is 1. The van der Waals surface area contributed by atoms with Gasteiger partial charge in [-0.3, -0.25) is 14.7 Å².